The van der Waals surface area contributed by atoms with E-state index in [1.54, 1.807) is 12.1 Å². The predicted molar refractivity (Wildman–Crippen MR) is 119 cm³/mol. The molecule has 2 N–H and O–H groups in total. The first-order valence-electron chi connectivity index (χ1n) is 9.33. The van der Waals surface area contributed by atoms with Gasteiger partial charge in [0.05, 0.1) is 4.90 Å². The standard InChI is InChI=1S/C24H19NO4S/c26-24(27)16-25-30(28)22-13-10-19(11-14-22)18-8-5-17(6-9-18)7-12-21-15-20-3-1-2-4-23(20)29-21/h1-15,25H,16H2,(H,26,27)/b12-7+. The van der Waals surface area contributed by atoms with Crippen molar-refractivity contribution in [1.82, 2.24) is 4.72 Å². The van der Waals surface area contributed by atoms with Crippen molar-refractivity contribution in [2.45, 2.75) is 4.90 Å². The first kappa shape index (κ1) is 19.8. The summed E-state index contributed by atoms with van der Waals surface area (Å²) >= 11 is 0. The molecular formula is C24H19NO4S. The number of para-hydroxylation sites is 1. The molecule has 6 heteroatoms. The minimum Gasteiger partial charge on any atom is -0.480 e. The number of furan rings is 1. The maximum atomic E-state index is 12.0. The molecule has 0 spiro atoms. The number of fused-ring (bicyclic) bond motifs is 1. The van der Waals surface area contributed by atoms with Crippen LogP contribution in [0.3, 0.4) is 0 Å². The first-order chi connectivity index (χ1) is 14.6. The number of nitrogens with one attached hydrogen (secondary N) is 1. The second-order valence-electron chi connectivity index (χ2n) is 6.65. The van der Waals surface area contributed by atoms with Crippen molar-refractivity contribution in [1.29, 1.82) is 0 Å². The van der Waals surface area contributed by atoms with E-state index < -0.39 is 17.0 Å². The Hall–Kier alpha value is -3.48. The van der Waals surface area contributed by atoms with Crippen LogP contribution in [0.5, 0.6) is 0 Å². The van der Waals surface area contributed by atoms with Gasteiger partial charge in [0.25, 0.3) is 0 Å². The lowest BCUT2D eigenvalue weighted by atomic mass is 10.0. The Morgan fingerprint density at radius 1 is 0.933 bits per heavy atom. The number of carboxylic acid groups (broad SMARTS) is 1. The predicted octanol–water partition coefficient (Wildman–Crippen LogP) is 4.97. The van der Waals surface area contributed by atoms with Gasteiger partial charge in [0.15, 0.2) is 0 Å². The fourth-order valence-electron chi connectivity index (χ4n) is 3.03. The summed E-state index contributed by atoms with van der Waals surface area (Å²) in [6, 6.07) is 25.2. The molecule has 4 rings (SSSR count). The summed E-state index contributed by atoms with van der Waals surface area (Å²) in [6.45, 7) is -0.350. The van der Waals surface area contributed by atoms with Gasteiger partial charge < -0.3 is 9.52 Å². The second-order valence-corrected chi connectivity index (χ2v) is 7.95. The van der Waals surface area contributed by atoms with Gasteiger partial charge in [-0.25, -0.2) is 8.93 Å². The van der Waals surface area contributed by atoms with E-state index >= 15 is 0 Å². The van der Waals surface area contributed by atoms with Crippen LogP contribution in [0, 0.1) is 0 Å². The molecule has 0 bridgehead atoms. The van der Waals surface area contributed by atoms with E-state index in [-0.39, 0.29) is 6.54 Å². The number of hydrogen-bond acceptors (Lipinski definition) is 3. The van der Waals surface area contributed by atoms with E-state index in [0.717, 1.165) is 33.4 Å². The number of aliphatic carboxylic acids is 1. The highest BCUT2D eigenvalue weighted by Crippen LogP contribution is 2.23. The molecule has 0 amide bonds. The number of rotatable bonds is 7. The van der Waals surface area contributed by atoms with Crippen LogP contribution < -0.4 is 4.72 Å². The van der Waals surface area contributed by atoms with Crippen LogP contribution in [0.15, 0.2) is 88.2 Å². The lowest BCUT2D eigenvalue weighted by molar-refractivity contribution is -0.135. The van der Waals surface area contributed by atoms with Crippen LogP contribution in [0.1, 0.15) is 11.3 Å². The first-order valence-corrected chi connectivity index (χ1v) is 10.5. The van der Waals surface area contributed by atoms with Crippen LogP contribution in [0.2, 0.25) is 0 Å². The fourth-order valence-corrected chi connectivity index (χ4v) is 3.84. The van der Waals surface area contributed by atoms with Crippen molar-refractivity contribution in [2.24, 2.45) is 0 Å². The maximum absolute atomic E-state index is 12.0. The molecule has 4 aromatic rings. The molecule has 0 saturated heterocycles. The zero-order valence-corrected chi connectivity index (χ0v) is 16.8. The molecule has 1 atom stereocenters. The Balaban J connectivity index is 1.44. The highest BCUT2D eigenvalue weighted by Gasteiger charge is 2.06. The van der Waals surface area contributed by atoms with Gasteiger partial charge in [-0.3, -0.25) is 4.79 Å². The number of carboxylic acids is 1. The van der Waals surface area contributed by atoms with E-state index in [2.05, 4.69) is 4.72 Å². The molecule has 0 saturated carbocycles. The quantitative estimate of drug-likeness (QED) is 0.445. The minimum absolute atomic E-state index is 0.350. The maximum Gasteiger partial charge on any atom is 0.318 e. The lowest BCUT2D eigenvalue weighted by Gasteiger charge is -2.05. The van der Waals surface area contributed by atoms with Crippen molar-refractivity contribution >= 4 is 40.1 Å². The molecule has 0 radical (unpaired) electrons. The van der Waals surface area contributed by atoms with Gasteiger partial charge in [-0.15, -0.1) is 0 Å². The Morgan fingerprint density at radius 3 is 2.27 bits per heavy atom. The van der Waals surface area contributed by atoms with Crippen LogP contribution in [-0.4, -0.2) is 21.8 Å². The highest BCUT2D eigenvalue weighted by atomic mass is 32.2. The van der Waals surface area contributed by atoms with Crippen molar-refractivity contribution in [3.8, 4) is 11.1 Å². The van der Waals surface area contributed by atoms with Crippen LogP contribution in [0.4, 0.5) is 0 Å². The van der Waals surface area contributed by atoms with Crippen LogP contribution in [-0.2, 0) is 15.8 Å². The van der Waals surface area contributed by atoms with E-state index in [9.17, 15) is 9.00 Å². The average Bonchev–Trinajstić information content (AvgIpc) is 3.19. The number of hydrogen-bond donors (Lipinski definition) is 2. The van der Waals surface area contributed by atoms with Crippen molar-refractivity contribution in [3.05, 3.63) is 90.2 Å². The summed E-state index contributed by atoms with van der Waals surface area (Å²) in [5.74, 6) is -0.241. The van der Waals surface area contributed by atoms with Gasteiger partial charge >= 0.3 is 5.97 Å². The molecular weight excluding hydrogens is 398 g/mol. The van der Waals surface area contributed by atoms with E-state index in [1.165, 1.54) is 0 Å². The topological polar surface area (TPSA) is 79.5 Å². The molecule has 0 fully saturated rings. The lowest BCUT2D eigenvalue weighted by Crippen LogP contribution is -2.24. The molecule has 0 aliphatic carbocycles. The molecule has 1 aromatic heterocycles. The third kappa shape index (κ3) is 4.74. The Labute approximate surface area is 176 Å². The third-order valence-electron chi connectivity index (χ3n) is 4.55. The van der Waals surface area contributed by atoms with E-state index in [4.69, 9.17) is 9.52 Å². The van der Waals surface area contributed by atoms with Crippen LogP contribution >= 0.6 is 0 Å². The molecule has 150 valence electrons. The van der Waals surface area contributed by atoms with Gasteiger partial charge in [-0.1, -0.05) is 60.7 Å². The summed E-state index contributed by atoms with van der Waals surface area (Å²) in [5.41, 5.74) is 3.94. The van der Waals surface area contributed by atoms with Crippen molar-refractivity contribution < 1.29 is 18.5 Å². The molecule has 1 unspecified atom stereocenters. The molecule has 30 heavy (non-hydrogen) atoms. The smallest absolute Gasteiger partial charge is 0.318 e. The van der Waals surface area contributed by atoms with Gasteiger partial charge in [0.2, 0.25) is 0 Å². The summed E-state index contributed by atoms with van der Waals surface area (Å²) in [4.78, 5) is 11.1. The second kappa shape index (κ2) is 8.90. The van der Waals surface area contributed by atoms with Gasteiger partial charge in [0.1, 0.15) is 28.9 Å². The van der Waals surface area contributed by atoms with E-state index in [0.29, 0.717) is 4.90 Å². The molecule has 1 heterocycles. The zero-order chi connectivity index (χ0) is 20.9. The summed E-state index contributed by atoms with van der Waals surface area (Å²) in [7, 11) is -1.55. The summed E-state index contributed by atoms with van der Waals surface area (Å²) < 4.78 is 20.3. The average molecular weight is 417 g/mol. The largest absolute Gasteiger partial charge is 0.480 e. The van der Waals surface area contributed by atoms with Gasteiger partial charge in [-0.05, 0) is 47.0 Å². The van der Waals surface area contributed by atoms with Crippen molar-refractivity contribution in [3.63, 3.8) is 0 Å². The molecule has 0 aliphatic rings. The van der Waals surface area contributed by atoms with Crippen LogP contribution in [0.25, 0.3) is 34.2 Å². The Kier molecular flexibility index (Phi) is 5.88. The SMILES string of the molecule is O=C(O)CNS(=O)c1ccc(-c2ccc(/C=C/c3cc4ccccc4o3)cc2)cc1. The van der Waals surface area contributed by atoms with Gasteiger partial charge in [0, 0.05) is 5.39 Å². The minimum atomic E-state index is -1.55. The summed E-state index contributed by atoms with van der Waals surface area (Å²) in [6.07, 6.45) is 3.95. The Bertz CT molecular complexity index is 1190. The molecule has 0 aliphatic heterocycles. The molecule has 3 aromatic carbocycles. The third-order valence-corrected chi connectivity index (χ3v) is 5.66. The normalized spacial score (nSPS) is 12.4. The molecule has 5 nitrogen and oxygen atoms in total. The van der Waals surface area contributed by atoms with E-state index in [1.807, 2.05) is 78.9 Å². The highest BCUT2D eigenvalue weighted by molar-refractivity contribution is 7.83. The Morgan fingerprint density at radius 2 is 1.60 bits per heavy atom. The monoisotopic (exact) mass is 417 g/mol. The van der Waals surface area contributed by atoms with Crippen molar-refractivity contribution in [2.75, 3.05) is 6.54 Å². The zero-order valence-electron chi connectivity index (χ0n) is 15.9. The summed E-state index contributed by atoms with van der Waals surface area (Å²) in [5, 5.41) is 9.73. The number of benzene rings is 3. The number of carbonyl (C=O) groups is 1. The fraction of sp³-hybridized carbons (Fsp3) is 0.0417. The van der Waals surface area contributed by atoms with Gasteiger partial charge in [-0.2, -0.15) is 0 Å².